The molecule has 116 valence electrons. The quantitative estimate of drug-likeness (QED) is 0.514. The highest BCUT2D eigenvalue weighted by atomic mass is 35.5. The van der Waals surface area contributed by atoms with Gasteiger partial charge < -0.3 is 4.42 Å². The zero-order valence-corrected chi connectivity index (χ0v) is 13.0. The first-order valence-electron chi connectivity index (χ1n) is 6.38. The van der Waals surface area contributed by atoms with Crippen LogP contribution >= 0.6 is 23.8 Å². The molecule has 0 aliphatic carbocycles. The van der Waals surface area contributed by atoms with E-state index < -0.39 is 17.6 Å². The van der Waals surface area contributed by atoms with Crippen LogP contribution in [0.4, 0.5) is 10.1 Å². The van der Waals surface area contributed by atoms with Crippen molar-refractivity contribution in [1.82, 2.24) is 5.32 Å². The summed E-state index contributed by atoms with van der Waals surface area (Å²) in [5.41, 5.74) is 0.0113. The Morgan fingerprint density at radius 1 is 1.26 bits per heavy atom. The van der Waals surface area contributed by atoms with E-state index in [2.05, 4.69) is 5.32 Å². The molecule has 1 aromatic heterocycles. The molecule has 23 heavy (non-hydrogen) atoms. The Morgan fingerprint density at radius 2 is 2.04 bits per heavy atom. The van der Waals surface area contributed by atoms with Gasteiger partial charge in [-0.2, -0.15) is 0 Å². The second kappa shape index (κ2) is 5.94. The number of carbonyl (C=O) groups excluding carboxylic acids is 2. The fraction of sp³-hybridized carbons (Fsp3) is 0. The topological polar surface area (TPSA) is 62.6 Å². The largest absolute Gasteiger partial charge is 0.445 e. The molecular weight excluding hydrogens is 343 g/mol. The molecule has 0 unspecified atom stereocenters. The average molecular weight is 351 g/mol. The molecule has 1 aliphatic heterocycles. The highest BCUT2D eigenvalue weighted by Crippen LogP contribution is 2.23. The second-order valence-corrected chi connectivity index (χ2v) is 5.34. The number of thiocarbonyl (C=S) groups is 1. The van der Waals surface area contributed by atoms with Gasteiger partial charge in [0.1, 0.15) is 17.2 Å². The van der Waals surface area contributed by atoms with E-state index in [1.807, 2.05) is 0 Å². The van der Waals surface area contributed by atoms with Gasteiger partial charge in [-0.3, -0.25) is 19.8 Å². The molecule has 2 heterocycles. The van der Waals surface area contributed by atoms with Crippen LogP contribution in [0.5, 0.6) is 0 Å². The van der Waals surface area contributed by atoms with E-state index in [4.69, 9.17) is 28.2 Å². The Morgan fingerprint density at radius 3 is 2.70 bits per heavy atom. The zero-order chi connectivity index (χ0) is 16.6. The first-order valence-corrected chi connectivity index (χ1v) is 7.17. The number of amides is 2. The zero-order valence-electron chi connectivity index (χ0n) is 11.4. The number of hydrogen-bond donors (Lipinski definition) is 1. The minimum absolute atomic E-state index is 0.123. The molecule has 2 amide bonds. The third kappa shape index (κ3) is 3.01. The number of furan rings is 1. The van der Waals surface area contributed by atoms with Crippen LogP contribution in [0.1, 0.15) is 5.76 Å². The van der Waals surface area contributed by atoms with Crippen LogP contribution in [0.2, 0.25) is 5.22 Å². The van der Waals surface area contributed by atoms with Crippen molar-refractivity contribution in [3.8, 4) is 0 Å². The lowest BCUT2D eigenvalue weighted by Gasteiger charge is -2.28. The van der Waals surface area contributed by atoms with Crippen molar-refractivity contribution in [3.05, 3.63) is 58.8 Å². The molecule has 5 nitrogen and oxygen atoms in total. The molecule has 0 radical (unpaired) electrons. The number of halogens is 2. The van der Waals surface area contributed by atoms with Crippen molar-refractivity contribution in [2.24, 2.45) is 0 Å². The minimum atomic E-state index is -0.683. The molecule has 2 aromatic rings. The number of carbonyl (C=O) groups is 2. The van der Waals surface area contributed by atoms with Crippen LogP contribution in [-0.4, -0.2) is 16.9 Å². The summed E-state index contributed by atoms with van der Waals surface area (Å²) in [4.78, 5) is 25.6. The third-order valence-electron chi connectivity index (χ3n) is 3.05. The lowest BCUT2D eigenvalue weighted by Crippen LogP contribution is -2.54. The minimum Gasteiger partial charge on any atom is -0.445 e. The van der Waals surface area contributed by atoms with E-state index in [1.165, 1.54) is 36.4 Å². The van der Waals surface area contributed by atoms with Gasteiger partial charge >= 0.3 is 0 Å². The van der Waals surface area contributed by atoms with Crippen molar-refractivity contribution in [1.29, 1.82) is 0 Å². The number of anilines is 1. The first kappa shape index (κ1) is 15.4. The fourth-order valence-corrected chi connectivity index (χ4v) is 2.49. The Bertz CT molecular complexity index is 862. The molecule has 1 saturated heterocycles. The van der Waals surface area contributed by atoms with Gasteiger partial charge in [-0.05, 0) is 60.2 Å². The van der Waals surface area contributed by atoms with Crippen LogP contribution in [0, 0.1) is 5.82 Å². The summed E-state index contributed by atoms with van der Waals surface area (Å²) in [6.07, 6.45) is 1.25. The molecular formula is C15H8ClFN2O3S. The number of nitrogens with one attached hydrogen (secondary N) is 1. The Balaban J connectivity index is 2.02. The van der Waals surface area contributed by atoms with Crippen LogP contribution in [0.15, 0.2) is 46.4 Å². The predicted molar refractivity (Wildman–Crippen MR) is 86.3 cm³/mol. The maximum absolute atomic E-state index is 13.4. The summed E-state index contributed by atoms with van der Waals surface area (Å²) in [6.45, 7) is 0. The Hall–Kier alpha value is -2.51. The summed E-state index contributed by atoms with van der Waals surface area (Å²) in [5, 5.41) is 2.39. The molecule has 0 bridgehead atoms. The molecule has 1 N–H and O–H groups in total. The van der Waals surface area contributed by atoms with Crippen molar-refractivity contribution in [2.45, 2.75) is 0 Å². The molecule has 8 heteroatoms. The van der Waals surface area contributed by atoms with E-state index >= 15 is 0 Å². The molecule has 1 aromatic carbocycles. The van der Waals surface area contributed by atoms with Gasteiger partial charge in [0.2, 0.25) is 0 Å². The van der Waals surface area contributed by atoms with Crippen molar-refractivity contribution in [2.75, 3.05) is 4.90 Å². The van der Waals surface area contributed by atoms with Crippen LogP contribution in [0.3, 0.4) is 0 Å². The first-order chi connectivity index (χ1) is 11.0. The number of hydrogen-bond acceptors (Lipinski definition) is 4. The van der Waals surface area contributed by atoms with Crippen LogP contribution in [0.25, 0.3) is 6.08 Å². The van der Waals surface area contributed by atoms with Crippen molar-refractivity contribution < 1.29 is 18.4 Å². The molecule has 3 rings (SSSR count). The molecule has 1 fully saturated rings. The van der Waals surface area contributed by atoms with E-state index in [1.54, 1.807) is 0 Å². The Labute approximate surface area is 140 Å². The van der Waals surface area contributed by atoms with E-state index in [-0.39, 0.29) is 27.4 Å². The van der Waals surface area contributed by atoms with Gasteiger partial charge in [0.05, 0.1) is 5.69 Å². The number of nitrogens with zero attached hydrogens (tertiary/aromatic N) is 1. The highest BCUT2D eigenvalue weighted by molar-refractivity contribution is 7.80. The monoisotopic (exact) mass is 350 g/mol. The standard InChI is InChI=1S/C15H8ClFN2O3S/c16-12-5-4-10(22-12)7-11-13(20)18-15(23)19(14(11)21)9-3-1-2-8(17)6-9/h1-7H,(H,18,20,23)/b11-7+. The van der Waals surface area contributed by atoms with E-state index in [0.717, 1.165) is 11.0 Å². The fourth-order valence-electron chi connectivity index (χ4n) is 2.06. The lowest BCUT2D eigenvalue weighted by atomic mass is 10.1. The average Bonchev–Trinajstić information content (AvgIpc) is 2.89. The third-order valence-corrected chi connectivity index (χ3v) is 3.54. The van der Waals surface area contributed by atoms with Crippen LogP contribution < -0.4 is 10.2 Å². The predicted octanol–water partition coefficient (Wildman–Crippen LogP) is 2.90. The number of rotatable bonds is 2. The molecule has 0 atom stereocenters. The van der Waals surface area contributed by atoms with Gasteiger partial charge in [-0.25, -0.2) is 4.39 Å². The van der Waals surface area contributed by atoms with E-state index in [0.29, 0.717) is 0 Å². The number of benzene rings is 1. The van der Waals surface area contributed by atoms with Gasteiger partial charge in [0.25, 0.3) is 11.8 Å². The van der Waals surface area contributed by atoms with Gasteiger partial charge in [-0.15, -0.1) is 0 Å². The lowest BCUT2D eigenvalue weighted by molar-refractivity contribution is -0.122. The summed E-state index contributed by atoms with van der Waals surface area (Å²) in [7, 11) is 0. The molecule has 1 aliphatic rings. The summed E-state index contributed by atoms with van der Waals surface area (Å²) in [5.74, 6) is -1.64. The molecule has 0 spiro atoms. The summed E-state index contributed by atoms with van der Waals surface area (Å²) in [6, 6.07) is 8.31. The van der Waals surface area contributed by atoms with Gasteiger partial charge in [0.15, 0.2) is 10.3 Å². The summed E-state index contributed by atoms with van der Waals surface area (Å²) >= 11 is 10.7. The van der Waals surface area contributed by atoms with Gasteiger partial charge in [-0.1, -0.05) is 6.07 Å². The SMILES string of the molecule is O=C1NC(=S)N(c2cccc(F)c2)C(=O)/C1=C/c1ccc(Cl)o1. The van der Waals surface area contributed by atoms with E-state index in [9.17, 15) is 14.0 Å². The second-order valence-electron chi connectivity index (χ2n) is 4.58. The maximum atomic E-state index is 13.4. The van der Waals surface area contributed by atoms with Crippen LogP contribution in [-0.2, 0) is 9.59 Å². The molecule has 0 saturated carbocycles. The normalized spacial score (nSPS) is 16.9. The Kier molecular flexibility index (Phi) is 3.97. The van der Waals surface area contributed by atoms with Gasteiger partial charge in [0, 0.05) is 0 Å². The van der Waals surface area contributed by atoms with Crippen molar-refractivity contribution >= 4 is 52.5 Å². The van der Waals surface area contributed by atoms with Crippen molar-refractivity contribution in [3.63, 3.8) is 0 Å². The highest BCUT2D eigenvalue weighted by Gasteiger charge is 2.34. The smallest absolute Gasteiger partial charge is 0.270 e. The maximum Gasteiger partial charge on any atom is 0.270 e. The summed E-state index contributed by atoms with van der Waals surface area (Å²) < 4.78 is 18.5.